The molecule has 0 saturated heterocycles. The highest BCUT2D eigenvalue weighted by molar-refractivity contribution is 5.95. The van der Waals surface area contributed by atoms with Crippen molar-refractivity contribution in [2.45, 2.75) is 6.92 Å². The number of halogens is 3. The van der Waals surface area contributed by atoms with Crippen LogP contribution in [0.2, 0.25) is 0 Å². The number of methoxy groups -OCH3 is 1. The van der Waals surface area contributed by atoms with Gasteiger partial charge in [0.2, 0.25) is 11.8 Å². The van der Waals surface area contributed by atoms with Crippen molar-refractivity contribution in [2.24, 2.45) is 0 Å². The summed E-state index contributed by atoms with van der Waals surface area (Å²) in [6.07, 6.45) is 0. The van der Waals surface area contributed by atoms with Gasteiger partial charge in [-0.3, -0.25) is 14.5 Å². The monoisotopic (exact) mass is 395 g/mol. The number of hydrogen-bond donors (Lipinski definition) is 2. The topological polar surface area (TPSA) is 70.7 Å². The van der Waals surface area contributed by atoms with Crippen LogP contribution in [0.4, 0.5) is 24.5 Å². The number of nitrogens with zero attached hydrogens (tertiary/aromatic N) is 1. The average molecular weight is 395 g/mol. The highest BCUT2D eigenvalue weighted by Gasteiger charge is 2.17. The molecule has 0 unspecified atom stereocenters. The Morgan fingerprint density at radius 3 is 2.18 bits per heavy atom. The van der Waals surface area contributed by atoms with E-state index in [2.05, 4.69) is 10.6 Å². The Labute approximate surface area is 160 Å². The Balaban J connectivity index is 1.92. The standard InChI is InChI=1S/C19H20F3N3O3/c1-11-4-7-15(28-3)14(8-11)24-17(27)10-25(2)9-16(26)23-13-6-5-12(20)18(21)19(13)22/h4-8H,9-10H2,1-3H3,(H,23,26)(H,24,27). The van der Waals surface area contributed by atoms with Crippen molar-refractivity contribution in [1.82, 2.24) is 4.90 Å². The molecule has 0 bridgehead atoms. The number of rotatable bonds is 7. The van der Waals surface area contributed by atoms with Crippen LogP contribution in [0.3, 0.4) is 0 Å². The molecule has 2 aromatic rings. The van der Waals surface area contributed by atoms with E-state index >= 15 is 0 Å². The number of anilines is 2. The fourth-order valence-corrected chi connectivity index (χ4v) is 2.47. The van der Waals surface area contributed by atoms with Crippen LogP contribution in [-0.4, -0.2) is 44.0 Å². The summed E-state index contributed by atoms with van der Waals surface area (Å²) in [6, 6.07) is 6.93. The molecule has 0 heterocycles. The van der Waals surface area contributed by atoms with Crippen LogP contribution in [-0.2, 0) is 9.59 Å². The maximum Gasteiger partial charge on any atom is 0.238 e. The van der Waals surface area contributed by atoms with Gasteiger partial charge in [0.1, 0.15) is 5.75 Å². The summed E-state index contributed by atoms with van der Waals surface area (Å²) in [5.74, 6) is -5.09. The third kappa shape index (κ3) is 5.46. The summed E-state index contributed by atoms with van der Waals surface area (Å²) in [5.41, 5.74) is 0.942. The van der Waals surface area contributed by atoms with Crippen LogP contribution in [0.25, 0.3) is 0 Å². The molecule has 0 fully saturated rings. The molecule has 9 heteroatoms. The molecule has 0 aromatic heterocycles. The van der Waals surface area contributed by atoms with Crippen molar-refractivity contribution < 1.29 is 27.5 Å². The van der Waals surface area contributed by atoms with E-state index in [0.29, 0.717) is 17.5 Å². The minimum Gasteiger partial charge on any atom is -0.495 e. The van der Waals surface area contributed by atoms with Gasteiger partial charge in [-0.05, 0) is 43.8 Å². The summed E-state index contributed by atoms with van der Waals surface area (Å²) in [7, 11) is 2.99. The maximum absolute atomic E-state index is 13.6. The van der Waals surface area contributed by atoms with Gasteiger partial charge in [-0.2, -0.15) is 0 Å². The van der Waals surface area contributed by atoms with Crippen molar-refractivity contribution in [1.29, 1.82) is 0 Å². The summed E-state index contributed by atoms with van der Waals surface area (Å²) >= 11 is 0. The first-order valence-corrected chi connectivity index (χ1v) is 8.27. The van der Waals surface area contributed by atoms with E-state index in [-0.39, 0.29) is 13.1 Å². The van der Waals surface area contributed by atoms with E-state index in [9.17, 15) is 22.8 Å². The lowest BCUT2D eigenvalue weighted by Gasteiger charge is -2.17. The second-order valence-electron chi connectivity index (χ2n) is 6.20. The predicted molar refractivity (Wildman–Crippen MR) is 98.8 cm³/mol. The zero-order valence-electron chi connectivity index (χ0n) is 15.6. The number of benzene rings is 2. The minimum atomic E-state index is -1.67. The number of aryl methyl sites for hydroxylation is 1. The van der Waals surface area contributed by atoms with Gasteiger partial charge in [0.15, 0.2) is 17.5 Å². The SMILES string of the molecule is COc1ccc(C)cc1NC(=O)CN(C)CC(=O)Nc1ccc(F)c(F)c1F. The summed E-state index contributed by atoms with van der Waals surface area (Å²) in [5, 5.41) is 4.83. The molecule has 0 aliphatic heterocycles. The van der Waals surface area contributed by atoms with E-state index in [0.717, 1.165) is 11.6 Å². The second-order valence-corrected chi connectivity index (χ2v) is 6.20. The van der Waals surface area contributed by atoms with Gasteiger partial charge in [-0.1, -0.05) is 6.07 Å². The van der Waals surface area contributed by atoms with Gasteiger partial charge in [0.25, 0.3) is 0 Å². The molecule has 28 heavy (non-hydrogen) atoms. The Kier molecular flexibility index (Phi) is 7.00. The van der Waals surface area contributed by atoms with Gasteiger partial charge in [-0.15, -0.1) is 0 Å². The third-order valence-corrected chi connectivity index (χ3v) is 3.77. The predicted octanol–water partition coefficient (Wildman–Crippen LogP) is 2.93. The van der Waals surface area contributed by atoms with Crippen LogP contribution in [0.1, 0.15) is 5.56 Å². The lowest BCUT2D eigenvalue weighted by atomic mass is 10.2. The number of amides is 2. The number of carbonyl (C=O) groups excluding carboxylic acids is 2. The van der Waals surface area contributed by atoms with E-state index in [1.807, 2.05) is 13.0 Å². The Morgan fingerprint density at radius 1 is 0.964 bits per heavy atom. The molecule has 150 valence electrons. The Morgan fingerprint density at radius 2 is 1.57 bits per heavy atom. The van der Waals surface area contributed by atoms with Crippen LogP contribution in [0, 0.1) is 24.4 Å². The smallest absolute Gasteiger partial charge is 0.238 e. The Bertz CT molecular complexity index is 890. The van der Waals surface area contributed by atoms with Gasteiger partial charge >= 0.3 is 0 Å². The molecule has 0 saturated carbocycles. The average Bonchev–Trinajstić information content (AvgIpc) is 2.62. The lowest BCUT2D eigenvalue weighted by Crippen LogP contribution is -2.36. The fraction of sp³-hybridized carbons (Fsp3) is 0.263. The van der Waals surface area contributed by atoms with Gasteiger partial charge in [-0.25, -0.2) is 13.2 Å². The van der Waals surface area contributed by atoms with E-state index < -0.39 is 35.0 Å². The molecule has 0 atom stereocenters. The largest absolute Gasteiger partial charge is 0.495 e. The second kappa shape index (κ2) is 9.23. The van der Waals surface area contributed by atoms with Gasteiger partial charge in [0, 0.05) is 0 Å². The summed E-state index contributed by atoms with van der Waals surface area (Å²) in [4.78, 5) is 25.5. The van der Waals surface area contributed by atoms with Crippen molar-refractivity contribution in [3.63, 3.8) is 0 Å². The maximum atomic E-state index is 13.6. The molecule has 6 nitrogen and oxygen atoms in total. The van der Waals surface area contributed by atoms with Crippen molar-refractivity contribution >= 4 is 23.2 Å². The number of carbonyl (C=O) groups is 2. The molecule has 0 aliphatic rings. The minimum absolute atomic E-state index is 0.134. The first-order valence-electron chi connectivity index (χ1n) is 8.27. The van der Waals surface area contributed by atoms with Crippen LogP contribution >= 0.6 is 0 Å². The van der Waals surface area contributed by atoms with Crippen LogP contribution in [0.15, 0.2) is 30.3 Å². The summed E-state index contributed by atoms with van der Waals surface area (Å²) < 4.78 is 44.9. The molecular formula is C19H20F3N3O3. The Hall–Kier alpha value is -3.07. The number of ether oxygens (including phenoxy) is 1. The van der Waals surface area contributed by atoms with Gasteiger partial charge < -0.3 is 15.4 Å². The normalized spacial score (nSPS) is 10.7. The van der Waals surface area contributed by atoms with E-state index in [1.165, 1.54) is 19.1 Å². The van der Waals surface area contributed by atoms with E-state index in [4.69, 9.17) is 4.74 Å². The first-order chi connectivity index (χ1) is 13.2. The number of hydrogen-bond acceptors (Lipinski definition) is 4. The zero-order valence-corrected chi connectivity index (χ0v) is 15.6. The fourth-order valence-electron chi connectivity index (χ4n) is 2.47. The molecule has 2 rings (SSSR count). The molecule has 2 aromatic carbocycles. The quantitative estimate of drug-likeness (QED) is 0.708. The van der Waals surface area contributed by atoms with Crippen LogP contribution in [0.5, 0.6) is 5.75 Å². The van der Waals surface area contributed by atoms with Gasteiger partial charge in [0.05, 0.1) is 31.6 Å². The van der Waals surface area contributed by atoms with Crippen molar-refractivity contribution in [2.75, 3.05) is 37.9 Å². The molecule has 0 spiro atoms. The van der Waals surface area contributed by atoms with Crippen LogP contribution < -0.4 is 15.4 Å². The number of nitrogens with one attached hydrogen (secondary N) is 2. The highest BCUT2D eigenvalue weighted by atomic mass is 19.2. The molecule has 0 aliphatic carbocycles. The lowest BCUT2D eigenvalue weighted by molar-refractivity contribution is -0.119. The summed E-state index contributed by atoms with van der Waals surface area (Å²) in [6.45, 7) is 1.46. The van der Waals surface area contributed by atoms with Crippen molar-refractivity contribution in [3.05, 3.63) is 53.3 Å². The molecular weight excluding hydrogens is 375 g/mol. The molecule has 2 N–H and O–H groups in total. The zero-order chi connectivity index (χ0) is 20.8. The van der Waals surface area contributed by atoms with E-state index in [1.54, 1.807) is 12.1 Å². The highest BCUT2D eigenvalue weighted by Crippen LogP contribution is 2.25. The third-order valence-electron chi connectivity index (χ3n) is 3.77. The number of likely N-dealkylation sites (N-methyl/N-ethyl adjacent to an activating group) is 1. The first kappa shape index (κ1) is 21.2. The molecule has 2 amide bonds. The molecule has 0 radical (unpaired) electrons. The van der Waals surface area contributed by atoms with Crippen molar-refractivity contribution in [3.8, 4) is 5.75 Å².